The topological polar surface area (TPSA) is 93.5 Å². The van der Waals surface area contributed by atoms with Crippen LogP contribution in [0.3, 0.4) is 0 Å². The minimum absolute atomic E-state index is 0.129. The van der Waals surface area contributed by atoms with Crippen LogP contribution in [0, 0.1) is 13.8 Å². The van der Waals surface area contributed by atoms with E-state index >= 15 is 0 Å². The summed E-state index contributed by atoms with van der Waals surface area (Å²) in [7, 11) is -0.720. The van der Waals surface area contributed by atoms with E-state index in [0.29, 0.717) is 31.0 Å². The van der Waals surface area contributed by atoms with Gasteiger partial charge in [-0.05, 0) is 37.1 Å². The molecule has 27 heavy (non-hydrogen) atoms. The van der Waals surface area contributed by atoms with Gasteiger partial charge in [0.2, 0.25) is 10.0 Å². The van der Waals surface area contributed by atoms with Crippen molar-refractivity contribution in [2.45, 2.75) is 24.8 Å². The van der Waals surface area contributed by atoms with Crippen LogP contribution in [0.25, 0.3) is 0 Å². The fourth-order valence-electron chi connectivity index (χ4n) is 3.35. The lowest BCUT2D eigenvalue weighted by molar-refractivity contribution is 0.0600. The predicted molar refractivity (Wildman–Crippen MR) is 100.0 cm³/mol. The molecular weight excluding hydrogens is 368 g/mol. The van der Waals surface area contributed by atoms with Crippen molar-refractivity contribution in [1.82, 2.24) is 19.2 Å². The third-order valence-corrected chi connectivity index (χ3v) is 7.01. The van der Waals surface area contributed by atoms with Crippen LogP contribution in [-0.4, -0.2) is 55.0 Å². The second kappa shape index (κ2) is 7.41. The number of carbonyl (C=O) groups excluding carboxylic acids is 1. The lowest BCUT2D eigenvalue weighted by Gasteiger charge is -2.35. The van der Waals surface area contributed by atoms with Crippen molar-refractivity contribution in [3.8, 4) is 0 Å². The minimum Gasteiger partial charge on any atom is -0.465 e. The monoisotopic (exact) mass is 392 g/mol. The summed E-state index contributed by atoms with van der Waals surface area (Å²) < 4.78 is 35.2. The highest BCUT2D eigenvalue weighted by Crippen LogP contribution is 2.31. The maximum Gasteiger partial charge on any atom is 0.337 e. The van der Waals surface area contributed by atoms with Gasteiger partial charge in [-0.2, -0.15) is 4.31 Å². The standard InChI is InChI=1S/C18H24N4O4S/c1-12-9-14(18(23)26-4)10-16(13(12)2)27(24,25)22-8-5-19-11-15(22)17-20-6-7-21(17)3/h6-7,9-10,15,19H,5,8,11H2,1-4H3. The zero-order chi connectivity index (χ0) is 19.8. The quantitative estimate of drug-likeness (QED) is 0.785. The summed E-state index contributed by atoms with van der Waals surface area (Å²) in [5.41, 5.74) is 1.57. The number of methoxy groups -OCH3 is 1. The summed E-state index contributed by atoms with van der Waals surface area (Å²) in [6.07, 6.45) is 3.45. The van der Waals surface area contributed by atoms with Crippen molar-refractivity contribution in [3.05, 3.63) is 47.0 Å². The molecule has 2 aromatic rings. The second-order valence-corrected chi connectivity index (χ2v) is 8.50. The summed E-state index contributed by atoms with van der Waals surface area (Å²) in [4.78, 5) is 16.4. The van der Waals surface area contributed by atoms with E-state index in [1.165, 1.54) is 17.5 Å². The highest BCUT2D eigenvalue weighted by Gasteiger charge is 2.37. The van der Waals surface area contributed by atoms with Gasteiger partial charge in [-0.25, -0.2) is 18.2 Å². The molecule has 146 valence electrons. The van der Waals surface area contributed by atoms with E-state index in [-0.39, 0.29) is 10.5 Å². The number of nitrogens with one attached hydrogen (secondary N) is 1. The molecule has 1 aliphatic rings. The highest BCUT2D eigenvalue weighted by molar-refractivity contribution is 7.89. The Bertz CT molecular complexity index is 968. The average Bonchev–Trinajstić information content (AvgIpc) is 3.08. The first-order valence-corrected chi connectivity index (χ1v) is 10.1. The summed E-state index contributed by atoms with van der Waals surface area (Å²) in [6.45, 7) is 4.88. The number of nitrogens with zero attached hydrogens (tertiary/aromatic N) is 3. The Labute approximate surface area is 159 Å². The second-order valence-electron chi connectivity index (χ2n) is 6.64. The number of ether oxygens (including phenoxy) is 1. The number of aromatic nitrogens is 2. The van der Waals surface area contributed by atoms with Crippen LogP contribution in [0.1, 0.15) is 33.4 Å². The fraction of sp³-hybridized carbons (Fsp3) is 0.444. The molecule has 0 spiro atoms. The Kier molecular flexibility index (Phi) is 5.36. The molecule has 8 nitrogen and oxygen atoms in total. The van der Waals surface area contributed by atoms with Gasteiger partial charge in [-0.1, -0.05) is 0 Å². The molecule has 1 atom stereocenters. The molecule has 0 bridgehead atoms. The Morgan fingerprint density at radius 2 is 2.07 bits per heavy atom. The Hall–Kier alpha value is -2.23. The zero-order valence-electron chi connectivity index (χ0n) is 15.9. The number of esters is 1. The van der Waals surface area contributed by atoms with E-state index in [9.17, 15) is 13.2 Å². The van der Waals surface area contributed by atoms with E-state index in [2.05, 4.69) is 10.3 Å². The third-order valence-electron chi connectivity index (χ3n) is 4.98. The van der Waals surface area contributed by atoms with Crippen molar-refractivity contribution < 1.29 is 17.9 Å². The normalized spacial score (nSPS) is 18.4. The Morgan fingerprint density at radius 3 is 2.70 bits per heavy atom. The van der Waals surface area contributed by atoms with Crippen LogP contribution in [0.15, 0.2) is 29.4 Å². The number of hydrogen-bond donors (Lipinski definition) is 1. The van der Waals surface area contributed by atoms with Crippen LogP contribution < -0.4 is 5.32 Å². The third kappa shape index (κ3) is 3.50. The number of aryl methyl sites for hydroxylation is 2. The van der Waals surface area contributed by atoms with Crippen molar-refractivity contribution in [3.63, 3.8) is 0 Å². The van der Waals surface area contributed by atoms with E-state index in [4.69, 9.17) is 4.74 Å². The maximum atomic E-state index is 13.5. The molecule has 2 heterocycles. The van der Waals surface area contributed by atoms with Gasteiger partial charge in [0.1, 0.15) is 5.82 Å². The van der Waals surface area contributed by atoms with Gasteiger partial charge in [0.15, 0.2) is 0 Å². The fourth-order valence-corrected chi connectivity index (χ4v) is 5.26. The maximum absolute atomic E-state index is 13.5. The number of piperazine rings is 1. The van der Waals surface area contributed by atoms with E-state index in [1.807, 2.05) is 11.6 Å². The van der Waals surface area contributed by atoms with Gasteiger partial charge in [0, 0.05) is 39.1 Å². The van der Waals surface area contributed by atoms with Crippen LogP contribution >= 0.6 is 0 Å². The molecule has 0 aliphatic carbocycles. The van der Waals surface area contributed by atoms with E-state index in [0.717, 1.165) is 5.56 Å². The van der Waals surface area contributed by atoms with Crippen LogP contribution in [0.4, 0.5) is 0 Å². The molecule has 1 aliphatic heterocycles. The predicted octanol–water partition coefficient (Wildman–Crippen LogP) is 1.16. The average molecular weight is 392 g/mol. The summed E-state index contributed by atoms with van der Waals surface area (Å²) in [5, 5.41) is 3.24. The summed E-state index contributed by atoms with van der Waals surface area (Å²) in [6, 6.07) is 2.63. The molecule has 0 saturated carbocycles. The first kappa shape index (κ1) is 19.5. The van der Waals surface area contributed by atoms with Gasteiger partial charge in [0.25, 0.3) is 0 Å². The van der Waals surface area contributed by atoms with Crippen molar-refractivity contribution >= 4 is 16.0 Å². The lowest BCUT2D eigenvalue weighted by Crippen LogP contribution is -2.49. The van der Waals surface area contributed by atoms with Crippen LogP contribution in [0.5, 0.6) is 0 Å². The SMILES string of the molecule is COC(=O)c1cc(C)c(C)c(S(=O)(=O)N2CCNCC2c2nccn2C)c1. The number of imidazole rings is 1. The smallest absolute Gasteiger partial charge is 0.337 e. The van der Waals surface area contributed by atoms with Crippen LogP contribution in [-0.2, 0) is 21.8 Å². The molecule has 1 N–H and O–H groups in total. The number of benzene rings is 1. The molecule has 1 aromatic carbocycles. The lowest BCUT2D eigenvalue weighted by atomic mass is 10.1. The summed E-state index contributed by atoms with van der Waals surface area (Å²) >= 11 is 0. The molecular formula is C18H24N4O4S. The Morgan fingerprint density at radius 1 is 1.33 bits per heavy atom. The zero-order valence-corrected chi connectivity index (χ0v) is 16.7. The number of carbonyl (C=O) groups is 1. The summed E-state index contributed by atoms with van der Waals surface area (Å²) in [5.74, 6) is 0.111. The molecule has 3 rings (SSSR count). The molecule has 0 radical (unpaired) electrons. The van der Waals surface area contributed by atoms with Gasteiger partial charge < -0.3 is 14.6 Å². The number of rotatable bonds is 4. The number of hydrogen-bond acceptors (Lipinski definition) is 6. The first-order valence-electron chi connectivity index (χ1n) is 8.66. The molecule has 0 amide bonds. The molecule has 1 fully saturated rings. The van der Waals surface area contributed by atoms with Crippen molar-refractivity contribution in [2.24, 2.45) is 7.05 Å². The van der Waals surface area contributed by atoms with E-state index in [1.54, 1.807) is 32.3 Å². The van der Waals surface area contributed by atoms with E-state index < -0.39 is 22.0 Å². The molecule has 9 heteroatoms. The molecule has 1 saturated heterocycles. The van der Waals surface area contributed by atoms with Crippen LogP contribution in [0.2, 0.25) is 0 Å². The first-order chi connectivity index (χ1) is 12.8. The largest absolute Gasteiger partial charge is 0.465 e. The highest BCUT2D eigenvalue weighted by atomic mass is 32.2. The minimum atomic E-state index is -3.84. The van der Waals surface area contributed by atoms with Gasteiger partial charge in [-0.15, -0.1) is 0 Å². The van der Waals surface area contributed by atoms with Gasteiger partial charge in [-0.3, -0.25) is 0 Å². The van der Waals surface area contributed by atoms with Gasteiger partial charge in [0.05, 0.1) is 23.6 Å². The number of sulfonamides is 1. The van der Waals surface area contributed by atoms with Gasteiger partial charge >= 0.3 is 5.97 Å². The Balaban J connectivity index is 2.11. The molecule has 1 aromatic heterocycles. The van der Waals surface area contributed by atoms with Crippen molar-refractivity contribution in [2.75, 3.05) is 26.7 Å². The van der Waals surface area contributed by atoms with Crippen molar-refractivity contribution in [1.29, 1.82) is 0 Å². The molecule has 1 unspecified atom stereocenters.